The molecule has 0 spiro atoms. The van der Waals surface area contributed by atoms with Crippen LogP contribution in [0.3, 0.4) is 0 Å². The Morgan fingerprint density at radius 2 is 2.28 bits per heavy atom. The minimum Gasteiger partial charge on any atom is -0.365 e. The number of thiazole rings is 1. The normalized spacial score (nSPS) is 11.3. The van der Waals surface area contributed by atoms with Crippen molar-refractivity contribution in [3.8, 4) is 0 Å². The Bertz CT molecular complexity index is 1060. The molecule has 3 aromatic heterocycles. The third-order valence-corrected chi connectivity index (χ3v) is 5.04. The van der Waals surface area contributed by atoms with E-state index in [9.17, 15) is 4.79 Å². The first kappa shape index (κ1) is 15.6. The lowest BCUT2D eigenvalue weighted by atomic mass is 10.2. The van der Waals surface area contributed by atoms with Gasteiger partial charge >= 0.3 is 0 Å². The van der Waals surface area contributed by atoms with Gasteiger partial charge in [-0.05, 0) is 12.1 Å². The number of nitrogens with zero attached hydrogens (tertiary/aromatic N) is 4. The fourth-order valence-corrected chi connectivity index (χ4v) is 3.71. The van der Waals surface area contributed by atoms with Crippen molar-refractivity contribution in [1.82, 2.24) is 30.0 Å². The van der Waals surface area contributed by atoms with Crippen LogP contribution in [-0.4, -0.2) is 44.2 Å². The molecule has 0 saturated heterocycles. The number of aromatic nitrogens is 5. The Hall–Kier alpha value is -2.94. The fraction of sp³-hybridized carbons (Fsp3) is 0.250. The van der Waals surface area contributed by atoms with E-state index >= 15 is 0 Å². The lowest BCUT2D eigenvalue weighted by Gasteiger charge is -2.02. The maximum Gasteiger partial charge on any atom is 0.272 e. The SMILES string of the molecule is CNc1nc2ccc3[nH]nc(C(=O)NCCc4cn(C)cn4)c3c2s1. The predicted molar refractivity (Wildman–Crippen MR) is 98.1 cm³/mol. The van der Waals surface area contributed by atoms with Gasteiger partial charge in [0, 0.05) is 33.3 Å². The van der Waals surface area contributed by atoms with E-state index in [4.69, 9.17) is 0 Å². The first-order chi connectivity index (χ1) is 12.2. The molecule has 0 bridgehead atoms. The van der Waals surface area contributed by atoms with E-state index in [-0.39, 0.29) is 5.91 Å². The summed E-state index contributed by atoms with van der Waals surface area (Å²) in [5.74, 6) is -0.200. The number of carbonyl (C=O) groups is 1. The second kappa shape index (κ2) is 6.17. The fourth-order valence-electron chi connectivity index (χ4n) is 2.75. The van der Waals surface area contributed by atoms with Gasteiger partial charge in [0.05, 0.1) is 33.1 Å². The first-order valence-corrected chi connectivity index (χ1v) is 8.68. The Morgan fingerprint density at radius 1 is 1.40 bits per heavy atom. The molecule has 128 valence electrons. The van der Waals surface area contributed by atoms with Crippen LogP contribution < -0.4 is 10.6 Å². The average Bonchev–Trinajstić information content (AvgIpc) is 3.30. The zero-order chi connectivity index (χ0) is 17.4. The van der Waals surface area contributed by atoms with Crippen molar-refractivity contribution in [1.29, 1.82) is 0 Å². The molecule has 8 nitrogen and oxygen atoms in total. The number of aromatic amines is 1. The van der Waals surface area contributed by atoms with Crippen molar-refractivity contribution < 1.29 is 4.79 Å². The zero-order valence-corrected chi connectivity index (χ0v) is 14.6. The van der Waals surface area contributed by atoms with Crippen LogP contribution in [0, 0.1) is 0 Å². The molecule has 4 rings (SSSR count). The van der Waals surface area contributed by atoms with Gasteiger partial charge in [0.2, 0.25) is 0 Å². The van der Waals surface area contributed by atoms with Crippen molar-refractivity contribution >= 4 is 43.5 Å². The Morgan fingerprint density at radius 3 is 3.04 bits per heavy atom. The molecule has 1 aromatic carbocycles. The lowest BCUT2D eigenvalue weighted by molar-refractivity contribution is 0.0950. The van der Waals surface area contributed by atoms with Gasteiger partial charge in [-0.25, -0.2) is 9.97 Å². The molecule has 0 aliphatic rings. The summed E-state index contributed by atoms with van der Waals surface area (Å²) in [6.07, 6.45) is 4.36. The highest BCUT2D eigenvalue weighted by atomic mass is 32.1. The van der Waals surface area contributed by atoms with E-state index in [0.29, 0.717) is 18.7 Å². The summed E-state index contributed by atoms with van der Waals surface area (Å²) >= 11 is 1.51. The molecule has 0 radical (unpaired) electrons. The molecule has 3 heterocycles. The van der Waals surface area contributed by atoms with Crippen LogP contribution >= 0.6 is 11.3 Å². The largest absolute Gasteiger partial charge is 0.365 e. The highest BCUT2D eigenvalue weighted by molar-refractivity contribution is 7.23. The van der Waals surface area contributed by atoms with Gasteiger partial charge < -0.3 is 15.2 Å². The van der Waals surface area contributed by atoms with E-state index in [0.717, 1.165) is 31.9 Å². The van der Waals surface area contributed by atoms with Gasteiger partial charge in [0.15, 0.2) is 10.8 Å². The predicted octanol–water partition coefficient (Wildman–Crippen LogP) is 1.92. The van der Waals surface area contributed by atoms with E-state index < -0.39 is 0 Å². The van der Waals surface area contributed by atoms with Gasteiger partial charge in [-0.2, -0.15) is 5.10 Å². The molecule has 0 saturated carbocycles. The van der Waals surface area contributed by atoms with Crippen molar-refractivity contribution in [3.63, 3.8) is 0 Å². The van der Waals surface area contributed by atoms with Crippen molar-refractivity contribution in [2.24, 2.45) is 7.05 Å². The number of hydrogen-bond acceptors (Lipinski definition) is 6. The van der Waals surface area contributed by atoms with Crippen LogP contribution in [0.15, 0.2) is 24.7 Å². The van der Waals surface area contributed by atoms with Crippen LogP contribution in [0.1, 0.15) is 16.2 Å². The molecule has 0 unspecified atom stereocenters. The number of carbonyl (C=O) groups excluding carboxylic acids is 1. The highest BCUT2D eigenvalue weighted by Gasteiger charge is 2.18. The Balaban J connectivity index is 1.59. The summed E-state index contributed by atoms with van der Waals surface area (Å²) in [7, 11) is 3.75. The minimum absolute atomic E-state index is 0.200. The maximum atomic E-state index is 12.6. The summed E-state index contributed by atoms with van der Waals surface area (Å²) in [5.41, 5.74) is 3.02. The second-order valence-corrected chi connectivity index (χ2v) is 6.71. The standard InChI is InChI=1S/C16H17N7OS/c1-17-16-20-11-4-3-10-12(14(11)25-16)13(22-21-10)15(24)18-6-5-9-7-23(2)8-19-9/h3-4,7-8H,5-6H2,1-2H3,(H,17,20)(H,18,24)(H,21,22). The lowest BCUT2D eigenvalue weighted by Crippen LogP contribution is -2.26. The monoisotopic (exact) mass is 355 g/mol. The highest BCUT2D eigenvalue weighted by Crippen LogP contribution is 2.33. The van der Waals surface area contributed by atoms with Crippen LogP contribution in [0.2, 0.25) is 0 Å². The molecular formula is C16H17N7OS. The van der Waals surface area contributed by atoms with E-state index in [2.05, 4.69) is 30.8 Å². The number of imidazole rings is 1. The number of fused-ring (bicyclic) bond motifs is 3. The van der Waals surface area contributed by atoms with Crippen molar-refractivity contribution in [2.75, 3.05) is 18.9 Å². The molecule has 0 fully saturated rings. The molecule has 0 aliphatic heterocycles. The number of anilines is 1. The molecular weight excluding hydrogens is 338 g/mol. The maximum absolute atomic E-state index is 12.6. The Labute approximate surface area is 147 Å². The quantitative estimate of drug-likeness (QED) is 0.508. The van der Waals surface area contributed by atoms with Gasteiger partial charge in [0.1, 0.15) is 0 Å². The number of hydrogen-bond donors (Lipinski definition) is 3. The minimum atomic E-state index is -0.200. The van der Waals surface area contributed by atoms with Crippen LogP contribution in [0.25, 0.3) is 21.1 Å². The molecule has 4 aromatic rings. The number of amides is 1. The van der Waals surface area contributed by atoms with Gasteiger partial charge in [-0.15, -0.1) is 0 Å². The molecule has 1 amide bonds. The number of nitrogens with one attached hydrogen (secondary N) is 3. The summed E-state index contributed by atoms with van der Waals surface area (Å²) in [6.45, 7) is 0.505. The molecule has 0 atom stereocenters. The average molecular weight is 355 g/mol. The van der Waals surface area contributed by atoms with Gasteiger partial charge in [-0.1, -0.05) is 11.3 Å². The topological polar surface area (TPSA) is 101 Å². The second-order valence-electron chi connectivity index (χ2n) is 5.71. The third-order valence-electron chi connectivity index (χ3n) is 3.94. The van der Waals surface area contributed by atoms with Crippen LogP contribution in [0.5, 0.6) is 0 Å². The van der Waals surface area contributed by atoms with Gasteiger partial charge in [-0.3, -0.25) is 9.89 Å². The van der Waals surface area contributed by atoms with E-state index in [1.807, 2.05) is 37.0 Å². The van der Waals surface area contributed by atoms with Gasteiger partial charge in [0.25, 0.3) is 5.91 Å². The Kier molecular flexibility index (Phi) is 3.85. The first-order valence-electron chi connectivity index (χ1n) is 7.86. The van der Waals surface area contributed by atoms with Crippen LogP contribution in [-0.2, 0) is 13.5 Å². The van der Waals surface area contributed by atoms with Crippen LogP contribution in [0.4, 0.5) is 5.13 Å². The summed E-state index contributed by atoms with van der Waals surface area (Å²) in [6, 6.07) is 3.82. The van der Waals surface area contributed by atoms with E-state index in [1.54, 1.807) is 6.33 Å². The summed E-state index contributed by atoms with van der Waals surface area (Å²) in [4.78, 5) is 21.3. The molecule has 9 heteroatoms. The molecule has 3 N–H and O–H groups in total. The number of H-pyrrole nitrogens is 1. The number of benzene rings is 1. The zero-order valence-electron chi connectivity index (χ0n) is 13.8. The molecule has 25 heavy (non-hydrogen) atoms. The van der Waals surface area contributed by atoms with Crippen molar-refractivity contribution in [3.05, 3.63) is 36.0 Å². The molecule has 0 aliphatic carbocycles. The number of rotatable bonds is 5. The van der Waals surface area contributed by atoms with Crippen molar-refractivity contribution in [2.45, 2.75) is 6.42 Å². The number of aryl methyl sites for hydroxylation is 1. The smallest absolute Gasteiger partial charge is 0.272 e. The third kappa shape index (κ3) is 2.82. The van der Waals surface area contributed by atoms with E-state index in [1.165, 1.54) is 11.3 Å². The summed E-state index contributed by atoms with van der Waals surface area (Å²) in [5, 5.41) is 14.7. The summed E-state index contributed by atoms with van der Waals surface area (Å²) < 4.78 is 2.84.